The van der Waals surface area contributed by atoms with Crippen molar-refractivity contribution in [1.29, 1.82) is 0 Å². The number of fused-ring (bicyclic) bond motifs is 2. The van der Waals surface area contributed by atoms with Gasteiger partial charge in [0.2, 0.25) is 0 Å². The summed E-state index contributed by atoms with van der Waals surface area (Å²) in [6.07, 6.45) is 0. The third kappa shape index (κ3) is 2.77. The topological polar surface area (TPSA) is 81.3 Å². The van der Waals surface area contributed by atoms with Crippen LogP contribution in [-0.2, 0) is 0 Å². The SMILES string of the molecule is COc1ccc2ccc(OC(=O)c3n[nH]c(=O)c4ccccc34)cc2c1. The predicted octanol–water partition coefficient (Wildman–Crippen LogP) is 3.30. The molecule has 0 aliphatic heterocycles. The van der Waals surface area contributed by atoms with Crippen LogP contribution in [0.5, 0.6) is 11.5 Å². The fourth-order valence-electron chi connectivity index (χ4n) is 2.82. The van der Waals surface area contributed by atoms with Crippen molar-refractivity contribution in [1.82, 2.24) is 10.2 Å². The number of H-pyrrole nitrogens is 1. The maximum atomic E-state index is 12.6. The Morgan fingerprint density at radius 3 is 2.38 bits per heavy atom. The number of carbonyl (C=O) groups is 1. The van der Waals surface area contributed by atoms with Crippen molar-refractivity contribution < 1.29 is 14.3 Å². The number of rotatable bonds is 3. The highest BCUT2D eigenvalue weighted by atomic mass is 16.5. The van der Waals surface area contributed by atoms with Crippen LogP contribution in [0.1, 0.15) is 10.5 Å². The van der Waals surface area contributed by atoms with Gasteiger partial charge in [0.25, 0.3) is 5.56 Å². The van der Waals surface area contributed by atoms with Gasteiger partial charge in [-0.25, -0.2) is 9.89 Å². The van der Waals surface area contributed by atoms with Gasteiger partial charge in [-0.1, -0.05) is 30.3 Å². The summed E-state index contributed by atoms with van der Waals surface area (Å²) < 4.78 is 10.7. The number of aromatic amines is 1. The van der Waals surface area contributed by atoms with E-state index in [1.54, 1.807) is 43.5 Å². The molecule has 0 aliphatic carbocycles. The van der Waals surface area contributed by atoms with Crippen LogP contribution in [0.3, 0.4) is 0 Å². The van der Waals surface area contributed by atoms with E-state index in [0.717, 1.165) is 10.8 Å². The van der Waals surface area contributed by atoms with Crippen molar-refractivity contribution in [2.75, 3.05) is 7.11 Å². The number of methoxy groups -OCH3 is 1. The summed E-state index contributed by atoms with van der Waals surface area (Å²) in [4.78, 5) is 24.4. The Balaban J connectivity index is 1.71. The molecule has 128 valence electrons. The third-order valence-electron chi connectivity index (χ3n) is 4.12. The fourth-order valence-corrected chi connectivity index (χ4v) is 2.82. The zero-order chi connectivity index (χ0) is 18.1. The molecule has 6 heteroatoms. The predicted molar refractivity (Wildman–Crippen MR) is 97.8 cm³/mol. The van der Waals surface area contributed by atoms with Crippen LogP contribution in [-0.4, -0.2) is 23.3 Å². The van der Waals surface area contributed by atoms with E-state index in [4.69, 9.17) is 9.47 Å². The van der Waals surface area contributed by atoms with Crippen LogP contribution < -0.4 is 15.0 Å². The first kappa shape index (κ1) is 15.8. The second-order valence-corrected chi connectivity index (χ2v) is 5.71. The molecule has 6 nitrogen and oxygen atoms in total. The van der Waals surface area contributed by atoms with Crippen LogP contribution in [0.2, 0.25) is 0 Å². The van der Waals surface area contributed by atoms with Gasteiger partial charge >= 0.3 is 5.97 Å². The van der Waals surface area contributed by atoms with Crippen molar-refractivity contribution in [3.63, 3.8) is 0 Å². The largest absolute Gasteiger partial charge is 0.497 e. The summed E-state index contributed by atoms with van der Waals surface area (Å²) in [5, 5.41) is 8.91. The van der Waals surface area contributed by atoms with E-state index in [-0.39, 0.29) is 11.3 Å². The number of carbonyl (C=O) groups excluding carboxylic acids is 1. The lowest BCUT2D eigenvalue weighted by Crippen LogP contribution is -2.17. The van der Waals surface area contributed by atoms with E-state index in [9.17, 15) is 9.59 Å². The van der Waals surface area contributed by atoms with Crippen LogP contribution in [0.15, 0.2) is 65.5 Å². The summed E-state index contributed by atoms with van der Waals surface area (Å²) in [6.45, 7) is 0. The summed E-state index contributed by atoms with van der Waals surface area (Å²) in [5.41, 5.74) is -0.291. The summed E-state index contributed by atoms with van der Waals surface area (Å²) >= 11 is 0. The van der Waals surface area contributed by atoms with Gasteiger partial charge in [-0.05, 0) is 41.1 Å². The second kappa shape index (κ2) is 6.33. The molecule has 0 spiro atoms. The number of esters is 1. The van der Waals surface area contributed by atoms with E-state index in [1.807, 2.05) is 24.3 Å². The van der Waals surface area contributed by atoms with Crippen molar-refractivity contribution in [2.24, 2.45) is 0 Å². The van der Waals surface area contributed by atoms with Gasteiger partial charge in [-0.2, -0.15) is 5.10 Å². The van der Waals surface area contributed by atoms with Crippen molar-refractivity contribution >= 4 is 27.5 Å². The molecule has 26 heavy (non-hydrogen) atoms. The molecule has 0 atom stereocenters. The average Bonchev–Trinajstić information content (AvgIpc) is 2.67. The maximum Gasteiger partial charge on any atom is 0.364 e. The monoisotopic (exact) mass is 346 g/mol. The first-order valence-corrected chi connectivity index (χ1v) is 7.93. The third-order valence-corrected chi connectivity index (χ3v) is 4.12. The highest BCUT2D eigenvalue weighted by Crippen LogP contribution is 2.25. The lowest BCUT2D eigenvalue weighted by molar-refractivity contribution is 0.0730. The average molecular weight is 346 g/mol. The molecular formula is C20H14N2O4. The molecule has 1 heterocycles. The van der Waals surface area contributed by atoms with Crippen molar-refractivity contribution in [3.05, 3.63) is 76.7 Å². The highest BCUT2D eigenvalue weighted by molar-refractivity contribution is 6.03. The molecule has 4 rings (SSSR count). The van der Waals surface area contributed by atoms with Gasteiger partial charge in [0.15, 0.2) is 5.69 Å². The number of nitrogens with one attached hydrogen (secondary N) is 1. The van der Waals surface area contributed by atoms with E-state index in [2.05, 4.69) is 10.2 Å². The van der Waals surface area contributed by atoms with Gasteiger partial charge in [0.05, 0.1) is 12.5 Å². The molecule has 0 unspecified atom stereocenters. The Labute approximate surface area is 148 Å². The fraction of sp³-hybridized carbons (Fsp3) is 0.0500. The molecular weight excluding hydrogens is 332 g/mol. The summed E-state index contributed by atoms with van der Waals surface area (Å²) in [6, 6.07) is 17.7. The van der Waals surface area contributed by atoms with Gasteiger partial charge in [-0.3, -0.25) is 4.79 Å². The Kier molecular flexibility index (Phi) is 3.85. The first-order valence-electron chi connectivity index (χ1n) is 7.93. The summed E-state index contributed by atoms with van der Waals surface area (Å²) in [7, 11) is 1.60. The minimum absolute atomic E-state index is 0.0611. The number of benzene rings is 3. The number of hydrogen-bond acceptors (Lipinski definition) is 5. The molecule has 0 saturated heterocycles. The Bertz CT molecular complexity index is 1200. The zero-order valence-electron chi connectivity index (χ0n) is 13.9. The minimum atomic E-state index is -0.639. The highest BCUT2D eigenvalue weighted by Gasteiger charge is 2.16. The smallest absolute Gasteiger partial charge is 0.364 e. The van der Waals surface area contributed by atoms with Crippen LogP contribution >= 0.6 is 0 Å². The van der Waals surface area contributed by atoms with Crippen molar-refractivity contribution in [2.45, 2.75) is 0 Å². The molecule has 0 aliphatic rings. The summed E-state index contributed by atoms with van der Waals surface area (Å²) in [5.74, 6) is 0.460. The van der Waals surface area contributed by atoms with Gasteiger partial charge in [0, 0.05) is 5.39 Å². The number of nitrogens with zero attached hydrogens (tertiary/aromatic N) is 1. The maximum absolute atomic E-state index is 12.6. The zero-order valence-corrected chi connectivity index (χ0v) is 13.9. The molecule has 1 aromatic heterocycles. The van der Waals surface area contributed by atoms with Crippen LogP contribution in [0, 0.1) is 0 Å². The number of hydrogen-bond donors (Lipinski definition) is 1. The molecule has 0 amide bonds. The lowest BCUT2D eigenvalue weighted by Gasteiger charge is -2.08. The van der Waals surface area contributed by atoms with Crippen LogP contribution in [0.25, 0.3) is 21.5 Å². The minimum Gasteiger partial charge on any atom is -0.497 e. The Hall–Kier alpha value is -3.67. The molecule has 0 radical (unpaired) electrons. The van der Waals surface area contributed by atoms with Crippen molar-refractivity contribution in [3.8, 4) is 11.5 Å². The van der Waals surface area contributed by atoms with E-state index < -0.39 is 5.97 Å². The van der Waals surface area contributed by atoms with Crippen LogP contribution in [0.4, 0.5) is 0 Å². The van der Waals surface area contributed by atoms with Gasteiger partial charge < -0.3 is 9.47 Å². The second-order valence-electron chi connectivity index (χ2n) is 5.71. The molecule has 0 fully saturated rings. The molecule has 1 N–H and O–H groups in total. The number of ether oxygens (including phenoxy) is 2. The molecule has 3 aromatic carbocycles. The standard InChI is InChI=1S/C20H14N2O4/c1-25-14-8-6-12-7-9-15(11-13(12)10-14)26-20(24)18-16-4-2-3-5-17(16)19(23)22-21-18/h2-11H,1H3,(H,22,23). The molecule has 0 bridgehead atoms. The van der Waals surface area contributed by atoms with Gasteiger partial charge in [0.1, 0.15) is 11.5 Å². The van der Waals surface area contributed by atoms with E-state index >= 15 is 0 Å². The van der Waals surface area contributed by atoms with Gasteiger partial charge in [-0.15, -0.1) is 0 Å². The Morgan fingerprint density at radius 1 is 0.923 bits per heavy atom. The lowest BCUT2D eigenvalue weighted by atomic mass is 10.1. The quantitative estimate of drug-likeness (QED) is 0.455. The molecule has 0 saturated carbocycles. The van der Waals surface area contributed by atoms with E-state index in [0.29, 0.717) is 22.3 Å². The number of aromatic nitrogens is 2. The normalized spacial score (nSPS) is 10.8. The van der Waals surface area contributed by atoms with E-state index in [1.165, 1.54) is 0 Å². The Morgan fingerprint density at radius 2 is 1.62 bits per heavy atom. The molecule has 4 aromatic rings. The first-order chi connectivity index (χ1) is 12.7.